The fourth-order valence-electron chi connectivity index (χ4n) is 22.6. The average molecular weight is 2110 g/mol. The number of rotatable bonds is 28. The number of carbonyl (C=O) groups excluding carboxylic acids is 1. The van der Waals surface area contributed by atoms with Crippen LogP contribution < -0.4 is 16.0 Å². The summed E-state index contributed by atoms with van der Waals surface area (Å²) < 4.78 is 154. The van der Waals surface area contributed by atoms with Crippen LogP contribution in [0.3, 0.4) is 0 Å². The number of ether oxygens (including phenoxy) is 1. The number of alkyl halides is 9. The number of anilines is 3. The number of sulfonamides is 1. The van der Waals surface area contributed by atoms with Crippen LogP contribution in [0.2, 0.25) is 0 Å². The molecule has 14 heterocycles. The van der Waals surface area contributed by atoms with Gasteiger partial charge in [0.2, 0.25) is 10.0 Å². The predicted octanol–water partition coefficient (Wildman–Crippen LogP) is 24.5. The summed E-state index contributed by atoms with van der Waals surface area (Å²) in [6.07, 6.45) is 6.72. The molecule has 6 fully saturated rings. The maximum Gasteiger partial charge on any atom is 0.410 e. The minimum atomic E-state index is -4.26. The van der Waals surface area contributed by atoms with E-state index in [0.717, 1.165) is 241 Å². The Morgan fingerprint density at radius 2 is 0.782 bits per heavy atom. The lowest BCUT2D eigenvalue weighted by atomic mass is 9.81. The van der Waals surface area contributed by atoms with Crippen molar-refractivity contribution in [1.82, 2.24) is 72.4 Å². The first-order chi connectivity index (χ1) is 70.0. The molecule has 12 aromatic rings. The summed E-state index contributed by atoms with van der Waals surface area (Å²) in [4.78, 5) is 52.3. The van der Waals surface area contributed by atoms with Crippen molar-refractivity contribution in [3.8, 4) is 18.2 Å². The minimum absolute atomic E-state index is 0.0182. The van der Waals surface area contributed by atoms with Gasteiger partial charge in [-0.2, -0.15) is 59.6 Å². The zero-order valence-corrected chi connectivity index (χ0v) is 90.0. The molecule has 25 nitrogen and oxygen atoms in total. The number of amides is 1. The molecule has 5 aliphatic heterocycles. The first kappa shape index (κ1) is 111. The summed E-state index contributed by atoms with van der Waals surface area (Å²) in [5, 5.41) is 45.7. The van der Waals surface area contributed by atoms with Crippen LogP contribution >= 0.6 is 34.0 Å². The van der Waals surface area contributed by atoms with E-state index in [1.807, 2.05) is 44.7 Å². The van der Waals surface area contributed by atoms with E-state index in [2.05, 4.69) is 195 Å². The quantitative estimate of drug-likeness (QED) is 0.0384. The van der Waals surface area contributed by atoms with Gasteiger partial charge in [-0.3, -0.25) is 14.7 Å². The lowest BCUT2D eigenvalue weighted by molar-refractivity contribution is -0.127. The number of nitrogens with one attached hydrogen (secondary N) is 3. The zero-order chi connectivity index (χ0) is 105. The molecule has 38 heteroatoms. The van der Waals surface area contributed by atoms with Crippen molar-refractivity contribution in [2.75, 3.05) is 94.2 Å². The highest BCUT2D eigenvalue weighted by molar-refractivity contribution is 7.88. The van der Waals surface area contributed by atoms with Crippen LogP contribution in [0.5, 0.6) is 0 Å². The maximum atomic E-state index is 13.0. The molecule has 0 bridgehead atoms. The van der Waals surface area contributed by atoms with Gasteiger partial charge in [0.25, 0.3) is 0 Å². The van der Waals surface area contributed by atoms with Gasteiger partial charge in [-0.1, -0.05) is 65.2 Å². The van der Waals surface area contributed by atoms with E-state index in [1.165, 1.54) is 109 Å². The molecule has 9 aromatic heterocycles. The van der Waals surface area contributed by atoms with E-state index in [9.17, 15) is 68.5 Å². The Bertz CT molecular complexity index is 6780. The van der Waals surface area contributed by atoms with E-state index in [0.29, 0.717) is 84.4 Å². The number of halogens is 9. The fourth-order valence-corrected chi connectivity index (χ4v) is 26.8. The summed E-state index contributed by atoms with van der Waals surface area (Å²) in [7, 11) is -3.20. The molecule has 6 unspecified atom stereocenters. The molecule has 147 heavy (non-hydrogen) atoms. The van der Waals surface area contributed by atoms with Crippen LogP contribution in [0, 0.1) is 78.4 Å². The molecule has 1 saturated carbocycles. The first-order valence-electron chi connectivity index (χ1n) is 52.1. The van der Waals surface area contributed by atoms with Gasteiger partial charge in [-0.05, 0) is 277 Å². The van der Waals surface area contributed by atoms with Crippen LogP contribution in [0.15, 0.2) is 91.8 Å². The number of benzene rings is 3. The number of aryl methyl sites for hydroxylation is 6. The monoisotopic (exact) mass is 2110 g/mol. The van der Waals surface area contributed by atoms with Crippen molar-refractivity contribution in [2.45, 2.75) is 305 Å². The third kappa shape index (κ3) is 28.9. The number of nitrogens with zero attached hydrogens (tertiary/aromatic N) is 18. The Hall–Kier alpha value is -10.3. The number of aromatic nitrogens is 9. The van der Waals surface area contributed by atoms with E-state index in [1.54, 1.807) is 22.5 Å². The number of piperidine rings is 5. The lowest BCUT2D eigenvalue weighted by Gasteiger charge is -2.38. The molecule has 792 valence electrons. The lowest BCUT2D eigenvalue weighted by Crippen LogP contribution is -2.46. The number of hydrogen-bond donors (Lipinski definition) is 3. The predicted molar refractivity (Wildman–Crippen MR) is 569 cm³/mol. The minimum Gasteiger partial charge on any atom is -0.444 e. The van der Waals surface area contributed by atoms with E-state index in [4.69, 9.17) is 4.74 Å². The molecule has 1 aliphatic carbocycles. The molecule has 3 aromatic carbocycles. The summed E-state index contributed by atoms with van der Waals surface area (Å²) in [5.41, 5.74) is 12.2. The molecule has 6 aliphatic rings. The van der Waals surface area contributed by atoms with Crippen molar-refractivity contribution >= 4 is 131 Å². The number of likely N-dealkylation sites (tertiary alicyclic amines) is 4. The first-order valence-corrected chi connectivity index (χ1v) is 56.4. The Morgan fingerprint density at radius 1 is 0.449 bits per heavy atom. The Kier molecular flexibility index (Phi) is 36.4. The second-order valence-electron chi connectivity index (χ2n) is 42.3. The van der Waals surface area contributed by atoms with Crippen LogP contribution in [-0.2, 0) is 73.3 Å². The van der Waals surface area contributed by atoms with Crippen molar-refractivity contribution in [1.29, 1.82) is 15.8 Å². The van der Waals surface area contributed by atoms with Gasteiger partial charge >= 0.3 is 24.6 Å². The van der Waals surface area contributed by atoms with Gasteiger partial charge in [0.15, 0.2) is 0 Å². The number of hydrogen-bond acceptors (Lipinski definition) is 23. The number of fused-ring (bicyclic) bond motifs is 6. The van der Waals surface area contributed by atoms with Crippen molar-refractivity contribution in [3.05, 3.63) is 157 Å². The number of nitriles is 3. The average Bonchev–Trinajstić information content (AvgIpc) is 1.63. The molecule has 18 rings (SSSR count). The van der Waals surface area contributed by atoms with E-state index >= 15 is 0 Å². The molecule has 1 amide bonds. The molecule has 0 spiro atoms. The second kappa shape index (κ2) is 48.3. The van der Waals surface area contributed by atoms with Gasteiger partial charge in [-0.15, -0.1) is 34.0 Å². The van der Waals surface area contributed by atoms with Crippen LogP contribution in [-0.4, -0.2) is 220 Å². The second-order valence-corrected chi connectivity index (χ2v) is 47.6. The molecular formula is C109H140F9N21O4S4. The summed E-state index contributed by atoms with van der Waals surface area (Å²) >= 11 is 3.20. The molecule has 0 radical (unpaired) electrons. The summed E-state index contributed by atoms with van der Waals surface area (Å²) in [6.45, 7) is 40.0. The third-order valence-electron chi connectivity index (χ3n) is 30.6. The van der Waals surface area contributed by atoms with Crippen LogP contribution in [0.25, 0.3) is 63.4 Å². The molecular weight excluding hydrogens is 1970 g/mol. The Balaban J connectivity index is 0.000000160. The van der Waals surface area contributed by atoms with E-state index < -0.39 is 53.4 Å². The largest absolute Gasteiger partial charge is 0.444 e. The Labute approximate surface area is 869 Å². The zero-order valence-electron chi connectivity index (χ0n) is 86.7. The smallest absolute Gasteiger partial charge is 0.410 e. The van der Waals surface area contributed by atoms with Gasteiger partial charge in [0.1, 0.15) is 91.8 Å². The van der Waals surface area contributed by atoms with Gasteiger partial charge in [-0.25, -0.2) is 43.1 Å². The third-order valence-corrected chi connectivity index (χ3v) is 35.1. The SMILES string of the molecule is CCN(CC)CC.Cc1c(CN2CCC(Nc3ncnc4sc(CC(F)(F)F)cc34)CC2)ccc2c1cc(C#N)n2CCC1CCCC(C)C1.Cc1c(CN2CCC(Nc3ncnc4sc(CC(F)(F)F)cc34)CC2)ccc2c1cc(C#N)n2CCC1CCN(C(=O)OC(C)(C)C)C(C)C1.Cc1c(CN2CCC(Nc3ncnc4sc(CC(F)(F)F)cc34)CC2)ccc2c1cc(C#N)n2CCC1CCN(S(C)(=O)=O)C(C)C1. The van der Waals surface area contributed by atoms with Gasteiger partial charge < -0.3 is 44.2 Å². The van der Waals surface area contributed by atoms with Gasteiger partial charge in [0, 0.05) is 169 Å². The number of carbonyl (C=O) groups is 1. The molecule has 6 atom stereocenters. The molecule has 3 N–H and O–H groups in total. The summed E-state index contributed by atoms with van der Waals surface area (Å²) in [6, 6.07) is 31.7. The van der Waals surface area contributed by atoms with Gasteiger partial charge in [0.05, 0.1) is 41.7 Å². The topological polar surface area (TPSA) is 279 Å². The fraction of sp³-hybridized carbons (Fsp3) is 0.578. The van der Waals surface area contributed by atoms with Crippen molar-refractivity contribution in [3.63, 3.8) is 0 Å². The highest BCUT2D eigenvalue weighted by Gasteiger charge is 2.38. The normalized spacial score (nSPS) is 19.8. The standard InChI is InChI=1S/C37H46F3N7O2S.C33H40F3N7O2S2.C33H39F3N6S.C6H15N/c1-23-16-25(8-14-46(23)35(48)49-36(3,4)5)9-15-47-28(20-41)17-30-24(2)26(6-7-32(30)47)21-45-12-10-27(11-13-45)44-33-31-18-29(19-37(38,39)40)50-34(31)43-22-42-33;1-21-14-23(7-13-43(21)47(3,44)45)6-12-42-26(18-37)15-28-22(2)24(4-5-30(28)42)19-41-10-8-25(9-11-41)40-31-29-16-27(17-33(34,35)36)46-32(29)39-20-38-31;1-21-4-3-5-23(14-21)8-13-42-26(18-37)15-28-22(2)24(6-7-30(28)42)19-41-11-9-25(10-12-41)40-31-29-16-27(17-33(34,35)36)43-32(29)39-20-38-31;1-4-7(5-2)6-3/h6-7,17-18,22-23,25,27H,8-16,19,21H2,1-5H3,(H,42,43,44);4-5,15-16,20-21,23,25H,6-14,17,19H2,1-3H3,(H,38,39,40);6-7,15-16,20-21,23,25H,3-5,8-14,17,19H2,1-2H3,(H,38,39,40);4-6H2,1-3H3. The summed E-state index contributed by atoms with van der Waals surface area (Å²) in [5.74, 6) is 4.23. The van der Waals surface area contributed by atoms with E-state index in [-0.39, 0.29) is 50.9 Å². The highest BCUT2D eigenvalue weighted by atomic mass is 32.2. The van der Waals surface area contributed by atoms with Crippen molar-refractivity contribution in [2.24, 2.45) is 23.7 Å². The van der Waals surface area contributed by atoms with Crippen molar-refractivity contribution < 1.29 is 57.5 Å². The van der Waals surface area contributed by atoms with Crippen LogP contribution in [0.4, 0.5) is 61.8 Å². The highest BCUT2D eigenvalue weighted by Crippen LogP contribution is 2.42. The van der Waals surface area contributed by atoms with Crippen LogP contribution in [0.1, 0.15) is 237 Å². The molecule has 5 saturated heterocycles. The maximum absolute atomic E-state index is 13.0. The Morgan fingerprint density at radius 3 is 1.07 bits per heavy atom. The number of thiophene rings is 3.